The molecule has 4 rings (SSSR count). The highest BCUT2D eigenvalue weighted by Gasteiger charge is 2.34. The molecule has 1 saturated carbocycles. The van der Waals surface area contributed by atoms with E-state index < -0.39 is 0 Å². The second kappa shape index (κ2) is 5.34. The molecule has 0 spiro atoms. The molecule has 21 heavy (non-hydrogen) atoms. The Morgan fingerprint density at radius 1 is 1.00 bits per heavy atom. The van der Waals surface area contributed by atoms with Gasteiger partial charge in [-0.25, -0.2) is 0 Å². The Morgan fingerprint density at radius 3 is 2.62 bits per heavy atom. The summed E-state index contributed by atoms with van der Waals surface area (Å²) in [5.41, 5.74) is 8.57. The van der Waals surface area contributed by atoms with E-state index in [-0.39, 0.29) is 0 Å². The van der Waals surface area contributed by atoms with E-state index in [1.54, 1.807) is 0 Å². The fourth-order valence-electron chi connectivity index (χ4n) is 4.41. The van der Waals surface area contributed by atoms with E-state index in [0.29, 0.717) is 0 Å². The minimum atomic E-state index is 0.810. The van der Waals surface area contributed by atoms with Gasteiger partial charge in [0.2, 0.25) is 0 Å². The zero-order valence-corrected chi connectivity index (χ0v) is 12.6. The van der Waals surface area contributed by atoms with E-state index in [1.807, 2.05) is 0 Å². The number of rotatable bonds is 2. The molecule has 2 aliphatic rings. The second-order valence-corrected chi connectivity index (χ2v) is 6.77. The van der Waals surface area contributed by atoms with Gasteiger partial charge in [0.15, 0.2) is 0 Å². The van der Waals surface area contributed by atoms with Crippen molar-refractivity contribution < 1.29 is 0 Å². The first-order valence-corrected chi connectivity index (χ1v) is 8.32. The number of benzene rings is 2. The molecule has 0 amide bonds. The van der Waals surface area contributed by atoms with Crippen molar-refractivity contribution in [3.8, 4) is 0 Å². The number of piperidine rings is 1. The van der Waals surface area contributed by atoms with E-state index >= 15 is 0 Å². The Bertz CT molecular complexity index is 649. The van der Waals surface area contributed by atoms with Gasteiger partial charge in [-0.05, 0) is 66.6 Å². The molecule has 2 N–H and O–H groups in total. The lowest BCUT2D eigenvalue weighted by molar-refractivity contribution is 0.106. The Kier molecular flexibility index (Phi) is 3.34. The number of likely N-dealkylation sites (tertiary alicyclic amines) is 1. The molecule has 0 aromatic heterocycles. The lowest BCUT2D eigenvalue weighted by Crippen LogP contribution is -2.41. The molecule has 1 aliphatic carbocycles. The van der Waals surface area contributed by atoms with E-state index in [2.05, 4.69) is 41.3 Å². The van der Waals surface area contributed by atoms with Crippen LogP contribution >= 0.6 is 0 Å². The van der Waals surface area contributed by atoms with E-state index in [0.717, 1.165) is 24.2 Å². The summed E-state index contributed by atoms with van der Waals surface area (Å²) < 4.78 is 0. The van der Waals surface area contributed by atoms with Crippen molar-refractivity contribution >= 4 is 16.5 Å². The number of nitrogens with zero attached hydrogens (tertiary/aromatic N) is 1. The summed E-state index contributed by atoms with van der Waals surface area (Å²) in [6, 6.07) is 13.8. The Morgan fingerprint density at radius 2 is 1.76 bits per heavy atom. The fraction of sp³-hybridized carbons (Fsp3) is 0.474. The topological polar surface area (TPSA) is 29.3 Å². The van der Waals surface area contributed by atoms with Crippen molar-refractivity contribution in [1.82, 2.24) is 4.90 Å². The highest BCUT2D eigenvalue weighted by atomic mass is 15.2. The van der Waals surface area contributed by atoms with Crippen LogP contribution in [-0.4, -0.2) is 17.5 Å². The van der Waals surface area contributed by atoms with Crippen molar-refractivity contribution in [3.63, 3.8) is 0 Å². The largest absolute Gasteiger partial charge is 0.398 e. The van der Waals surface area contributed by atoms with Gasteiger partial charge in [0.1, 0.15) is 0 Å². The third kappa shape index (κ3) is 2.42. The van der Waals surface area contributed by atoms with Crippen LogP contribution in [0.4, 0.5) is 5.69 Å². The molecule has 2 fully saturated rings. The predicted octanol–water partition coefficient (Wildman–Crippen LogP) is 4.19. The average molecular weight is 280 g/mol. The van der Waals surface area contributed by atoms with Crippen LogP contribution in [0, 0.1) is 5.92 Å². The molecular formula is C19H24N2. The first kappa shape index (κ1) is 13.1. The van der Waals surface area contributed by atoms with Gasteiger partial charge in [-0.1, -0.05) is 30.7 Å². The Labute approximate surface area is 126 Å². The van der Waals surface area contributed by atoms with Crippen molar-refractivity contribution in [2.75, 3.05) is 12.3 Å². The van der Waals surface area contributed by atoms with Crippen LogP contribution < -0.4 is 5.73 Å². The van der Waals surface area contributed by atoms with Gasteiger partial charge in [-0.15, -0.1) is 0 Å². The molecule has 2 nitrogen and oxygen atoms in total. The third-order valence-corrected chi connectivity index (χ3v) is 5.49. The van der Waals surface area contributed by atoms with Crippen molar-refractivity contribution in [2.24, 2.45) is 5.92 Å². The lowest BCUT2D eigenvalue weighted by Gasteiger charge is -2.38. The summed E-state index contributed by atoms with van der Waals surface area (Å²) in [5, 5.41) is 2.55. The van der Waals surface area contributed by atoms with Crippen LogP contribution in [0.15, 0.2) is 36.4 Å². The number of nitrogen functional groups attached to an aromatic ring is 1. The number of hydrogen-bond acceptors (Lipinski definition) is 2. The van der Waals surface area contributed by atoms with Gasteiger partial charge >= 0.3 is 0 Å². The zero-order chi connectivity index (χ0) is 14.2. The van der Waals surface area contributed by atoms with Crippen molar-refractivity contribution in [1.29, 1.82) is 0 Å². The average Bonchev–Trinajstić information content (AvgIpc) is 2.97. The standard InChI is InChI=1S/C19H24N2/c20-18-12-16-6-2-1-5-15(16)11-17(18)13-21-10-4-8-14-7-3-9-19(14)21/h1-2,5-6,11-12,14,19H,3-4,7-10,13,20H2. The first-order valence-electron chi connectivity index (χ1n) is 8.32. The molecular weight excluding hydrogens is 256 g/mol. The lowest BCUT2D eigenvalue weighted by atomic mass is 9.91. The highest BCUT2D eigenvalue weighted by Crippen LogP contribution is 2.38. The van der Waals surface area contributed by atoms with Gasteiger partial charge in [-0.3, -0.25) is 4.90 Å². The van der Waals surface area contributed by atoms with Gasteiger partial charge in [0.25, 0.3) is 0 Å². The maximum absolute atomic E-state index is 6.31. The molecule has 0 bridgehead atoms. The molecule has 0 radical (unpaired) electrons. The normalized spacial score (nSPS) is 26.1. The van der Waals surface area contributed by atoms with Crippen molar-refractivity contribution in [2.45, 2.75) is 44.7 Å². The summed E-state index contributed by atoms with van der Waals surface area (Å²) >= 11 is 0. The van der Waals surface area contributed by atoms with Crippen LogP contribution in [0.25, 0.3) is 10.8 Å². The zero-order valence-electron chi connectivity index (χ0n) is 12.6. The minimum Gasteiger partial charge on any atom is -0.398 e. The molecule has 1 aliphatic heterocycles. The quantitative estimate of drug-likeness (QED) is 0.836. The van der Waals surface area contributed by atoms with Crippen molar-refractivity contribution in [3.05, 3.63) is 42.0 Å². The smallest absolute Gasteiger partial charge is 0.0366 e. The Hall–Kier alpha value is -1.54. The highest BCUT2D eigenvalue weighted by molar-refractivity contribution is 5.86. The van der Waals surface area contributed by atoms with E-state index in [9.17, 15) is 0 Å². The maximum Gasteiger partial charge on any atom is 0.0366 e. The SMILES string of the molecule is Nc1cc2ccccc2cc1CN1CCCC2CCCC21. The molecule has 1 saturated heterocycles. The second-order valence-electron chi connectivity index (χ2n) is 6.77. The summed E-state index contributed by atoms with van der Waals surface area (Å²) in [5.74, 6) is 0.945. The molecule has 1 heterocycles. The van der Waals surface area contributed by atoms with Gasteiger partial charge in [0, 0.05) is 18.3 Å². The maximum atomic E-state index is 6.31. The summed E-state index contributed by atoms with van der Waals surface area (Å²) in [6.45, 7) is 2.27. The van der Waals surface area contributed by atoms with Gasteiger partial charge < -0.3 is 5.73 Å². The number of hydrogen-bond donors (Lipinski definition) is 1. The van der Waals surface area contributed by atoms with Gasteiger partial charge in [0.05, 0.1) is 0 Å². The molecule has 2 atom stereocenters. The van der Waals surface area contributed by atoms with E-state index in [4.69, 9.17) is 5.73 Å². The number of anilines is 1. The molecule has 2 unspecified atom stereocenters. The first-order chi connectivity index (χ1) is 10.3. The molecule has 110 valence electrons. The molecule has 2 heteroatoms. The summed E-state index contributed by atoms with van der Waals surface area (Å²) in [7, 11) is 0. The van der Waals surface area contributed by atoms with Crippen LogP contribution in [0.5, 0.6) is 0 Å². The third-order valence-electron chi connectivity index (χ3n) is 5.49. The summed E-state index contributed by atoms with van der Waals surface area (Å²) in [6.07, 6.45) is 7.04. The minimum absolute atomic E-state index is 0.810. The van der Waals surface area contributed by atoms with Crippen LogP contribution in [0.1, 0.15) is 37.7 Å². The molecule has 2 aromatic rings. The number of nitrogens with two attached hydrogens (primary N) is 1. The van der Waals surface area contributed by atoms with Crippen LogP contribution in [0.3, 0.4) is 0 Å². The predicted molar refractivity (Wildman–Crippen MR) is 89.1 cm³/mol. The fourth-order valence-corrected chi connectivity index (χ4v) is 4.41. The van der Waals surface area contributed by atoms with Gasteiger partial charge in [-0.2, -0.15) is 0 Å². The van der Waals surface area contributed by atoms with Crippen LogP contribution in [-0.2, 0) is 6.54 Å². The summed E-state index contributed by atoms with van der Waals surface area (Å²) in [4.78, 5) is 2.70. The Balaban J connectivity index is 1.62. The van der Waals surface area contributed by atoms with Crippen LogP contribution in [0.2, 0.25) is 0 Å². The monoisotopic (exact) mass is 280 g/mol. The number of fused-ring (bicyclic) bond motifs is 2. The van der Waals surface area contributed by atoms with E-state index in [1.165, 1.54) is 55.0 Å². The molecule has 2 aromatic carbocycles.